The lowest BCUT2D eigenvalue weighted by molar-refractivity contribution is -0.143. The van der Waals surface area contributed by atoms with Crippen molar-refractivity contribution < 1.29 is 9.53 Å². The number of allylic oxidation sites excluding steroid dienone is 1. The van der Waals surface area contributed by atoms with Crippen molar-refractivity contribution in [3.63, 3.8) is 0 Å². The molecule has 0 unspecified atom stereocenters. The van der Waals surface area contributed by atoms with Gasteiger partial charge in [-0.25, -0.2) is 0 Å². The van der Waals surface area contributed by atoms with Crippen molar-refractivity contribution in [2.75, 3.05) is 6.61 Å². The van der Waals surface area contributed by atoms with Gasteiger partial charge in [0, 0.05) is 23.5 Å². The van der Waals surface area contributed by atoms with E-state index in [-0.39, 0.29) is 5.97 Å². The van der Waals surface area contributed by atoms with E-state index >= 15 is 0 Å². The van der Waals surface area contributed by atoms with Gasteiger partial charge in [0.2, 0.25) is 0 Å². The van der Waals surface area contributed by atoms with Gasteiger partial charge in [-0.05, 0) is 30.9 Å². The Morgan fingerprint density at radius 2 is 2.15 bits per heavy atom. The van der Waals surface area contributed by atoms with Crippen LogP contribution in [0, 0.1) is 0 Å². The van der Waals surface area contributed by atoms with Gasteiger partial charge in [0.15, 0.2) is 0 Å². The van der Waals surface area contributed by atoms with Gasteiger partial charge in [-0.1, -0.05) is 37.3 Å². The van der Waals surface area contributed by atoms with Gasteiger partial charge in [-0.2, -0.15) is 0 Å². The number of nitrogens with one attached hydrogen (secondary N) is 1. The molecule has 0 aliphatic heterocycles. The number of ether oxygens (including phenoxy) is 1. The standard InChI is InChI=1S/C17H21NO2/c1-2-3-4-7-12-20-17(19)11-10-14-13-18-16-9-6-5-8-15(14)16/h3-6,8-9,13,18H,2,7,10-12H2,1H3/b4-3-. The van der Waals surface area contributed by atoms with E-state index in [1.165, 1.54) is 10.9 Å². The van der Waals surface area contributed by atoms with Crippen LogP contribution >= 0.6 is 0 Å². The number of carbonyl (C=O) groups is 1. The lowest BCUT2D eigenvalue weighted by Gasteiger charge is -2.02. The number of hydrogen-bond acceptors (Lipinski definition) is 2. The average molecular weight is 271 g/mol. The molecule has 0 atom stereocenters. The summed E-state index contributed by atoms with van der Waals surface area (Å²) in [5.74, 6) is -0.125. The van der Waals surface area contributed by atoms with E-state index in [0.29, 0.717) is 19.4 Å². The fraction of sp³-hybridized carbons (Fsp3) is 0.353. The van der Waals surface area contributed by atoms with Gasteiger partial charge < -0.3 is 9.72 Å². The van der Waals surface area contributed by atoms with Crippen molar-refractivity contribution in [3.8, 4) is 0 Å². The molecule has 0 aliphatic rings. The van der Waals surface area contributed by atoms with Crippen LogP contribution in [0.3, 0.4) is 0 Å². The average Bonchev–Trinajstić information content (AvgIpc) is 2.88. The number of benzene rings is 1. The Hall–Kier alpha value is -2.03. The second kappa shape index (κ2) is 7.53. The minimum Gasteiger partial charge on any atom is -0.465 e. The maximum atomic E-state index is 11.7. The molecular formula is C17H21NO2. The number of hydrogen-bond donors (Lipinski definition) is 1. The Labute approximate surface area is 119 Å². The predicted octanol–water partition coefficient (Wildman–Crippen LogP) is 4.00. The van der Waals surface area contributed by atoms with E-state index < -0.39 is 0 Å². The van der Waals surface area contributed by atoms with E-state index in [0.717, 1.165) is 18.4 Å². The molecule has 0 saturated carbocycles. The molecule has 1 heterocycles. The number of H-pyrrole nitrogens is 1. The highest BCUT2D eigenvalue weighted by molar-refractivity contribution is 5.83. The lowest BCUT2D eigenvalue weighted by Crippen LogP contribution is -2.06. The minimum absolute atomic E-state index is 0.125. The van der Waals surface area contributed by atoms with Crippen LogP contribution in [0.1, 0.15) is 31.7 Å². The smallest absolute Gasteiger partial charge is 0.306 e. The molecule has 2 rings (SSSR count). The van der Waals surface area contributed by atoms with Crippen LogP contribution in [0.25, 0.3) is 10.9 Å². The van der Waals surface area contributed by atoms with Crippen molar-refractivity contribution in [1.82, 2.24) is 4.98 Å². The maximum absolute atomic E-state index is 11.7. The lowest BCUT2D eigenvalue weighted by atomic mass is 10.1. The highest BCUT2D eigenvalue weighted by atomic mass is 16.5. The van der Waals surface area contributed by atoms with E-state index in [4.69, 9.17) is 4.74 Å². The van der Waals surface area contributed by atoms with Gasteiger partial charge in [0.25, 0.3) is 0 Å². The number of fused-ring (bicyclic) bond motifs is 1. The summed E-state index contributed by atoms with van der Waals surface area (Å²) in [6.07, 6.45) is 9.07. The monoisotopic (exact) mass is 271 g/mol. The Bertz CT molecular complexity index is 583. The van der Waals surface area contributed by atoms with E-state index in [1.807, 2.05) is 30.5 Å². The van der Waals surface area contributed by atoms with Crippen molar-refractivity contribution >= 4 is 16.9 Å². The Balaban J connectivity index is 1.77. The maximum Gasteiger partial charge on any atom is 0.306 e. The number of aromatic nitrogens is 1. The quantitative estimate of drug-likeness (QED) is 0.470. The molecule has 0 bridgehead atoms. The highest BCUT2D eigenvalue weighted by Crippen LogP contribution is 2.19. The summed E-state index contributed by atoms with van der Waals surface area (Å²) >= 11 is 0. The molecule has 0 amide bonds. The number of esters is 1. The SMILES string of the molecule is CC/C=C\CCOC(=O)CCc1c[nH]c2ccccc12. The molecule has 0 radical (unpaired) electrons. The van der Waals surface area contributed by atoms with Gasteiger partial charge >= 0.3 is 5.97 Å². The molecule has 1 aromatic carbocycles. The number of para-hydroxylation sites is 1. The van der Waals surface area contributed by atoms with E-state index in [1.54, 1.807) is 0 Å². The zero-order chi connectivity index (χ0) is 14.2. The first-order valence-electron chi connectivity index (χ1n) is 7.17. The first-order valence-corrected chi connectivity index (χ1v) is 7.17. The van der Waals surface area contributed by atoms with Gasteiger partial charge in [0.05, 0.1) is 6.61 Å². The van der Waals surface area contributed by atoms with Crippen LogP contribution in [0.5, 0.6) is 0 Å². The molecule has 1 N–H and O–H groups in total. The summed E-state index contributed by atoms with van der Waals surface area (Å²) in [5.41, 5.74) is 2.28. The fourth-order valence-electron chi connectivity index (χ4n) is 2.17. The summed E-state index contributed by atoms with van der Waals surface area (Å²) in [5, 5.41) is 1.19. The summed E-state index contributed by atoms with van der Waals surface area (Å²) in [6, 6.07) is 8.12. The number of aryl methyl sites for hydroxylation is 1. The number of rotatable bonds is 7. The molecule has 20 heavy (non-hydrogen) atoms. The van der Waals surface area contributed by atoms with Crippen molar-refractivity contribution in [2.45, 2.75) is 32.6 Å². The van der Waals surface area contributed by atoms with Crippen molar-refractivity contribution in [3.05, 3.63) is 48.2 Å². The highest BCUT2D eigenvalue weighted by Gasteiger charge is 2.07. The van der Waals surface area contributed by atoms with Crippen molar-refractivity contribution in [2.24, 2.45) is 0 Å². The zero-order valence-electron chi connectivity index (χ0n) is 11.9. The molecule has 3 nitrogen and oxygen atoms in total. The second-order valence-electron chi connectivity index (χ2n) is 4.75. The van der Waals surface area contributed by atoms with Crippen LogP contribution in [0.15, 0.2) is 42.6 Å². The topological polar surface area (TPSA) is 42.1 Å². The minimum atomic E-state index is -0.125. The largest absolute Gasteiger partial charge is 0.465 e. The molecule has 0 spiro atoms. The molecule has 1 aromatic heterocycles. The number of aromatic amines is 1. The third kappa shape index (κ3) is 3.98. The van der Waals surface area contributed by atoms with Crippen LogP contribution < -0.4 is 0 Å². The molecule has 0 saturated heterocycles. The molecule has 2 aromatic rings. The summed E-state index contributed by atoms with van der Waals surface area (Å²) in [6.45, 7) is 2.56. The molecular weight excluding hydrogens is 250 g/mol. The second-order valence-corrected chi connectivity index (χ2v) is 4.75. The molecule has 0 fully saturated rings. The normalized spacial score (nSPS) is 11.2. The fourth-order valence-corrected chi connectivity index (χ4v) is 2.17. The molecule has 3 heteroatoms. The Morgan fingerprint density at radius 1 is 1.30 bits per heavy atom. The van der Waals surface area contributed by atoms with Crippen LogP contribution in [0.2, 0.25) is 0 Å². The van der Waals surface area contributed by atoms with Crippen LogP contribution in [-0.2, 0) is 16.0 Å². The van der Waals surface area contributed by atoms with Gasteiger partial charge in [-0.15, -0.1) is 0 Å². The Kier molecular flexibility index (Phi) is 5.42. The van der Waals surface area contributed by atoms with E-state index in [9.17, 15) is 4.79 Å². The van der Waals surface area contributed by atoms with Crippen LogP contribution in [-0.4, -0.2) is 17.6 Å². The summed E-state index contributed by atoms with van der Waals surface area (Å²) in [7, 11) is 0. The summed E-state index contributed by atoms with van der Waals surface area (Å²) < 4.78 is 5.20. The Morgan fingerprint density at radius 3 is 3.00 bits per heavy atom. The van der Waals surface area contributed by atoms with E-state index in [2.05, 4.69) is 24.1 Å². The first kappa shape index (κ1) is 14.4. The predicted molar refractivity (Wildman–Crippen MR) is 81.6 cm³/mol. The third-order valence-electron chi connectivity index (χ3n) is 3.22. The molecule has 106 valence electrons. The van der Waals surface area contributed by atoms with Crippen LogP contribution in [0.4, 0.5) is 0 Å². The first-order chi connectivity index (χ1) is 9.81. The van der Waals surface area contributed by atoms with Gasteiger partial charge in [-0.3, -0.25) is 4.79 Å². The third-order valence-corrected chi connectivity index (χ3v) is 3.22. The zero-order valence-corrected chi connectivity index (χ0v) is 11.9. The number of carbonyl (C=O) groups excluding carboxylic acids is 1. The summed E-state index contributed by atoms with van der Waals surface area (Å²) in [4.78, 5) is 14.9. The molecule has 0 aliphatic carbocycles. The van der Waals surface area contributed by atoms with Crippen molar-refractivity contribution in [1.29, 1.82) is 0 Å². The van der Waals surface area contributed by atoms with Gasteiger partial charge in [0.1, 0.15) is 0 Å².